The Hall–Kier alpha value is -1.71. The van der Waals surface area contributed by atoms with Crippen LogP contribution in [0.15, 0.2) is 18.2 Å². The van der Waals surface area contributed by atoms with Gasteiger partial charge in [0.2, 0.25) is 0 Å². The van der Waals surface area contributed by atoms with Crippen molar-refractivity contribution in [1.29, 1.82) is 5.41 Å². The number of nitrogens with one attached hydrogen (secondary N) is 1. The minimum atomic E-state index is 0.0254. The molecule has 1 fully saturated rings. The molecule has 92 valence electrons. The Bertz CT molecular complexity index is 414. The highest BCUT2D eigenvalue weighted by molar-refractivity contribution is 5.95. The second kappa shape index (κ2) is 5.08. The lowest BCUT2D eigenvalue weighted by atomic mass is 9.86. The molecule has 1 aliphatic rings. The zero-order chi connectivity index (χ0) is 12.3. The van der Waals surface area contributed by atoms with E-state index >= 15 is 0 Å². The average molecular weight is 234 g/mol. The Morgan fingerprint density at radius 1 is 1.35 bits per heavy atom. The molecule has 1 aromatic carbocycles. The van der Waals surface area contributed by atoms with E-state index in [1.54, 1.807) is 19.2 Å². The van der Waals surface area contributed by atoms with Gasteiger partial charge in [-0.2, -0.15) is 0 Å². The van der Waals surface area contributed by atoms with Crippen molar-refractivity contribution < 1.29 is 9.47 Å². The largest absolute Gasteiger partial charge is 0.497 e. The van der Waals surface area contributed by atoms with Gasteiger partial charge in [0.25, 0.3) is 0 Å². The van der Waals surface area contributed by atoms with E-state index in [0.29, 0.717) is 17.2 Å². The predicted molar refractivity (Wildman–Crippen MR) is 66.8 cm³/mol. The Morgan fingerprint density at radius 3 is 2.59 bits per heavy atom. The van der Waals surface area contributed by atoms with Gasteiger partial charge in [0.15, 0.2) is 0 Å². The standard InChI is InChI=1S/C13H18N2O2/c1-16-11-5-10(13(14)15)6-12(7-11)17-8-9-3-2-4-9/h5-7,9H,2-4,8H2,1H3,(H3,14,15). The molecule has 1 aromatic rings. The topological polar surface area (TPSA) is 68.3 Å². The van der Waals surface area contributed by atoms with E-state index in [2.05, 4.69) is 0 Å². The lowest BCUT2D eigenvalue weighted by Crippen LogP contribution is -2.19. The number of benzene rings is 1. The summed E-state index contributed by atoms with van der Waals surface area (Å²) in [5, 5.41) is 7.43. The third-order valence-electron chi connectivity index (χ3n) is 3.14. The smallest absolute Gasteiger partial charge is 0.123 e. The molecule has 0 amide bonds. The molecule has 17 heavy (non-hydrogen) atoms. The monoisotopic (exact) mass is 234 g/mol. The molecule has 0 spiro atoms. The van der Waals surface area contributed by atoms with Crippen molar-refractivity contribution >= 4 is 5.84 Å². The second-order valence-electron chi connectivity index (χ2n) is 4.42. The minimum Gasteiger partial charge on any atom is -0.497 e. The van der Waals surface area contributed by atoms with Gasteiger partial charge in [0, 0.05) is 11.6 Å². The molecule has 0 aliphatic heterocycles. The summed E-state index contributed by atoms with van der Waals surface area (Å²) in [5.74, 6) is 2.10. The van der Waals surface area contributed by atoms with Crippen LogP contribution in [-0.2, 0) is 0 Å². The molecule has 3 N–H and O–H groups in total. The molecule has 2 rings (SSSR count). The summed E-state index contributed by atoms with van der Waals surface area (Å²) in [6.07, 6.45) is 3.82. The van der Waals surface area contributed by atoms with E-state index in [1.807, 2.05) is 6.07 Å². The maximum absolute atomic E-state index is 7.43. The van der Waals surface area contributed by atoms with Gasteiger partial charge >= 0.3 is 0 Å². The van der Waals surface area contributed by atoms with Gasteiger partial charge < -0.3 is 15.2 Å². The molecule has 1 aliphatic carbocycles. The first-order chi connectivity index (χ1) is 8.19. The van der Waals surface area contributed by atoms with Crippen LogP contribution in [0.25, 0.3) is 0 Å². The van der Waals surface area contributed by atoms with Crippen molar-refractivity contribution in [3.8, 4) is 11.5 Å². The number of ether oxygens (including phenoxy) is 2. The van der Waals surface area contributed by atoms with Crippen LogP contribution >= 0.6 is 0 Å². The Balaban J connectivity index is 2.08. The van der Waals surface area contributed by atoms with Gasteiger partial charge in [0.1, 0.15) is 17.3 Å². The summed E-state index contributed by atoms with van der Waals surface area (Å²) >= 11 is 0. The summed E-state index contributed by atoms with van der Waals surface area (Å²) in [6, 6.07) is 5.34. The average Bonchev–Trinajstić information content (AvgIpc) is 2.26. The van der Waals surface area contributed by atoms with Gasteiger partial charge in [0.05, 0.1) is 13.7 Å². The molecule has 4 heteroatoms. The highest BCUT2D eigenvalue weighted by Gasteiger charge is 2.18. The lowest BCUT2D eigenvalue weighted by Gasteiger charge is -2.25. The molecule has 0 aromatic heterocycles. The van der Waals surface area contributed by atoms with E-state index in [-0.39, 0.29) is 5.84 Å². The van der Waals surface area contributed by atoms with E-state index in [0.717, 1.165) is 12.4 Å². The molecule has 0 radical (unpaired) electrons. The molecule has 0 saturated heterocycles. The summed E-state index contributed by atoms with van der Waals surface area (Å²) < 4.78 is 10.9. The molecular weight excluding hydrogens is 216 g/mol. The Morgan fingerprint density at radius 2 is 2.06 bits per heavy atom. The van der Waals surface area contributed by atoms with Gasteiger partial charge in [-0.15, -0.1) is 0 Å². The first-order valence-electron chi connectivity index (χ1n) is 5.85. The number of nitrogens with two attached hydrogens (primary N) is 1. The molecule has 0 bridgehead atoms. The fraction of sp³-hybridized carbons (Fsp3) is 0.462. The molecular formula is C13H18N2O2. The van der Waals surface area contributed by atoms with Crippen LogP contribution in [0.5, 0.6) is 11.5 Å². The maximum atomic E-state index is 7.43. The Labute approximate surface area is 101 Å². The van der Waals surface area contributed by atoms with Crippen molar-refractivity contribution in [2.24, 2.45) is 11.7 Å². The van der Waals surface area contributed by atoms with Crippen molar-refractivity contribution in [2.75, 3.05) is 13.7 Å². The molecule has 0 atom stereocenters. The summed E-state index contributed by atoms with van der Waals surface area (Å²) in [7, 11) is 1.59. The van der Waals surface area contributed by atoms with Crippen LogP contribution in [0.1, 0.15) is 24.8 Å². The number of hydrogen-bond donors (Lipinski definition) is 2. The molecule has 0 heterocycles. The number of hydrogen-bond acceptors (Lipinski definition) is 3. The van der Waals surface area contributed by atoms with E-state index in [1.165, 1.54) is 19.3 Å². The molecule has 4 nitrogen and oxygen atoms in total. The second-order valence-corrected chi connectivity index (χ2v) is 4.42. The fourth-order valence-corrected chi connectivity index (χ4v) is 1.80. The SMILES string of the molecule is COc1cc(OCC2CCC2)cc(C(=N)N)c1. The fourth-order valence-electron chi connectivity index (χ4n) is 1.80. The maximum Gasteiger partial charge on any atom is 0.123 e. The third-order valence-corrected chi connectivity index (χ3v) is 3.14. The van der Waals surface area contributed by atoms with Crippen molar-refractivity contribution in [1.82, 2.24) is 0 Å². The zero-order valence-corrected chi connectivity index (χ0v) is 10.0. The van der Waals surface area contributed by atoms with E-state index in [9.17, 15) is 0 Å². The van der Waals surface area contributed by atoms with Crippen LogP contribution in [0, 0.1) is 11.3 Å². The summed E-state index contributed by atoms with van der Waals surface area (Å²) in [4.78, 5) is 0. The van der Waals surface area contributed by atoms with E-state index < -0.39 is 0 Å². The van der Waals surface area contributed by atoms with Crippen molar-refractivity contribution in [3.05, 3.63) is 23.8 Å². The summed E-state index contributed by atoms with van der Waals surface area (Å²) in [5.41, 5.74) is 6.10. The van der Waals surface area contributed by atoms with Crippen LogP contribution in [0.4, 0.5) is 0 Å². The first-order valence-corrected chi connectivity index (χ1v) is 5.85. The molecule has 1 saturated carbocycles. The van der Waals surface area contributed by atoms with Gasteiger partial charge in [-0.25, -0.2) is 0 Å². The van der Waals surface area contributed by atoms with Gasteiger partial charge in [-0.1, -0.05) is 6.42 Å². The zero-order valence-electron chi connectivity index (χ0n) is 10.0. The highest BCUT2D eigenvalue weighted by Crippen LogP contribution is 2.28. The number of nitrogen functional groups attached to an aromatic ring is 1. The lowest BCUT2D eigenvalue weighted by molar-refractivity contribution is 0.180. The predicted octanol–water partition coefficient (Wildman–Crippen LogP) is 2.16. The van der Waals surface area contributed by atoms with Crippen LogP contribution in [0.3, 0.4) is 0 Å². The number of amidine groups is 1. The van der Waals surface area contributed by atoms with Crippen molar-refractivity contribution in [2.45, 2.75) is 19.3 Å². The first kappa shape index (κ1) is 11.8. The quantitative estimate of drug-likeness (QED) is 0.606. The number of methoxy groups -OCH3 is 1. The van der Waals surface area contributed by atoms with Gasteiger partial charge in [-0.05, 0) is 30.9 Å². The third kappa shape index (κ3) is 2.90. The Kier molecular flexibility index (Phi) is 3.52. The number of rotatable bonds is 5. The van der Waals surface area contributed by atoms with Crippen LogP contribution < -0.4 is 15.2 Å². The normalized spacial score (nSPS) is 15.1. The minimum absolute atomic E-state index is 0.0254. The van der Waals surface area contributed by atoms with Crippen LogP contribution in [0.2, 0.25) is 0 Å². The van der Waals surface area contributed by atoms with Crippen LogP contribution in [-0.4, -0.2) is 19.6 Å². The highest BCUT2D eigenvalue weighted by atomic mass is 16.5. The summed E-state index contributed by atoms with van der Waals surface area (Å²) in [6.45, 7) is 0.741. The van der Waals surface area contributed by atoms with Crippen molar-refractivity contribution in [3.63, 3.8) is 0 Å². The molecule has 0 unspecified atom stereocenters. The van der Waals surface area contributed by atoms with Gasteiger partial charge in [-0.3, -0.25) is 5.41 Å². The van der Waals surface area contributed by atoms with E-state index in [4.69, 9.17) is 20.6 Å².